The van der Waals surface area contributed by atoms with E-state index in [4.69, 9.17) is 4.74 Å². The Kier molecular flexibility index (Phi) is 4.69. The van der Waals surface area contributed by atoms with Gasteiger partial charge in [0.15, 0.2) is 4.60 Å². The molecule has 0 aromatic carbocycles. The first kappa shape index (κ1) is 12.6. The van der Waals surface area contributed by atoms with E-state index in [0.717, 1.165) is 10.3 Å². The van der Waals surface area contributed by atoms with Crippen LogP contribution in [0.15, 0.2) is 4.60 Å². The topological polar surface area (TPSA) is 52.0 Å². The van der Waals surface area contributed by atoms with Crippen molar-refractivity contribution in [3.05, 3.63) is 10.3 Å². The van der Waals surface area contributed by atoms with E-state index in [1.54, 1.807) is 4.68 Å². The number of aryl methyl sites for hydroxylation is 1. The second-order valence-corrected chi connectivity index (χ2v) is 4.36. The van der Waals surface area contributed by atoms with Crippen molar-refractivity contribution in [2.24, 2.45) is 7.05 Å². The molecule has 0 fully saturated rings. The lowest BCUT2D eigenvalue weighted by Crippen LogP contribution is -2.26. The number of halogens is 1. The average Bonchev–Trinajstić information content (AvgIpc) is 2.49. The zero-order chi connectivity index (χ0) is 11.4. The number of rotatable bonds is 5. The fourth-order valence-corrected chi connectivity index (χ4v) is 1.90. The molecule has 1 atom stereocenters. The second kappa shape index (κ2) is 5.58. The second-order valence-electron chi connectivity index (χ2n) is 3.61. The largest absolute Gasteiger partial charge is 0.377 e. The number of hydrogen-bond acceptors (Lipinski definition) is 4. The standard InChI is InChI=1S/C9H17BrN4O/c1-6(2)15-5-7(11-3)8-9(10)12-13-14(8)4/h6-7,11H,5H2,1-4H3. The molecule has 1 N–H and O–H groups in total. The normalized spacial score (nSPS) is 13.5. The van der Waals surface area contributed by atoms with Crippen LogP contribution in [-0.2, 0) is 11.8 Å². The van der Waals surface area contributed by atoms with E-state index in [1.807, 2.05) is 27.9 Å². The van der Waals surface area contributed by atoms with Crippen molar-refractivity contribution in [1.82, 2.24) is 20.3 Å². The van der Waals surface area contributed by atoms with Crippen LogP contribution in [0.4, 0.5) is 0 Å². The lowest BCUT2D eigenvalue weighted by atomic mass is 10.2. The highest BCUT2D eigenvalue weighted by Crippen LogP contribution is 2.20. The van der Waals surface area contributed by atoms with Gasteiger partial charge >= 0.3 is 0 Å². The summed E-state index contributed by atoms with van der Waals surface area (Å²) in [6.07, 6.45) is 0.223. The van der Waals surface area contributed by atoms with Crippen molar-refractivity contribution < 1.29 is 4.74 Å². The molecule has 0 saturated carbocycles. The number of nitrogens with one attached hydrogen (secondary N) is 1. The molecular formula is C9H17BrN4O. The van der Waals surface area contributed by atoms with E-state index in [0.29, 0.717) is 6.61 Å². The van der Waals surface area contributed by atoms with Crippen LogP contribution >= 0.6 is 15.9 Å². The van der Waals surface area contributed by atoms with Crippen molar-refractivity contribution in [3.8, 4) is 0 Å². The Bertz CT molecular complexity index is 294. The average molecular weight is 277 g/mol. The fourth-order valence-electron chi connectivity index (χ4n) is 1.30. The zero-order valence-corrected chi connectivity index (χ0v) is 11.1. The van der Waals surface area contributed by atoms with Gasteiger partial charge < -0.3 is 10.1 Å². The molecule has 1 unspecified atom stereocenters. The molecule has 0 aliphatic carbocycles. The van der Waals surface area contributed by atoms with Crippen molar-refractivity contribution in [2.45, 2.75) is 26.0 Å². The Labute approximate surface area is 98.3 Å². The summed E-state index contributed by atoms with van der Waals surface area (Å²) in [4.78, 5) is 0. The van der Waals surface area contributed by atoms with Gasteiger partial charge in [0, 0.05) is 7.05 Å². The Morgan fingerprint density at radius 1 is 1.53 bits per heavy atom. The van der Waals surface area contributed by atoms with Gasteiger partial charge in [-0.15, -0.1) is 5.10 Å². The smallest absolute Gasteiger partial charge is 0.153 e. The molecule has 0 aliphatic rings. The molecule has 1 heterocycles. The van der Waals surface area contributed by atoms with Crippen molar-refractivity contribution in [1.29, 1.82) is 0 Å². The maximum atomic E-state index is 5.58. The number of likely N-dealkylation sites (N-methyl/N-ethyl adjacent to an activating group) is 1. The van der Waals surface area contributed by atoms with E-state index in [2.05, 4.69) is 31.6 Å². The van der Waals surface area contributed by atoms with Crippen LogP contribution in [0.1, 0.15) is 25.6 Å². The van der Waals surface area contributed by atoms with Crippen LogP contribution in [0.25, 0.3) is 0 Å². The van der Waals surface area contributed by atoms with Crippen molar-refractivity contribution >= 4 is 15.9 Å². The monoisotopic (exact) mass is 276 g/mol. The summed E-state index contributed by atoms with van der Waals surface area (Å²) in [5.41, 5.74) is 0.998. The molecule has 1 aromatic rings. The quantitative estimate of drug-likeness (QED) is 0.880. The first-order chi connectivity index (χ1) is 7.06. The van der Waals surface area contributed by atoms with E-state index in [1.165, 1.54) is 0 Å². The first-order valence-corrected chi connectivity index (χ1v) is 5.69. The van der Waals surface area contributed by atoms with Gasteiger partial charge in [0.1, 0.15) is 0 Å². The first-order valence-electron chi connectivity index (χ1n) is 4.90. The number of ether oxygens (including phenoxy) is 1. The third-order valence-electron chi connectivity index (χ3n) is 2.10. The summed E-state index contributed by atoms with van der Waals surface area (Å²) >= 11 is 3.38. The van der Waals surface area contributed by atoms with Crippen LogP contribution < -0.4 is 5.32 Å². The van der Waals surface area contributed by atoms with Gasteiger partial charge in [-0.2, -0.15) is 0 Å². The van der Waals surface area contributed by atoms with Gasteiger partial charge in [-0.3, -0.25) is 0 Å². The van der Waals surface area contributed by atoms with E-state index >= 15 is 0 Å². The Balaban J connectivity index is 2.74. The van der Waals surface area contributed by atoms with E-state index < -0.39 is 0 Å². The number of aromatic nitrogens is 3. The SMILES string of the molecule is CNC(COC(C)C)c1c(Br)nnn1C. The predicted octanol–water partition coefficient (Wildman–Crippen LogP) is 1.26. The summed E-state index contributed by atoms with van der Waals surface area (Å²) in [6, 6.07) is 0.0989. The maximum Gasteiger partial charge on any atom is 0.153 e. The molecule has 0 spiro atoms. The molecule has 0 bridgehead atoms. The lowest BCUT2D eigenvalue weighted by molar-refractivity contribution is 0.0610. The van der Waals surface area contributed by atoms with Gasteiger partial charge in [-0.25, -0.2) is 4.68 Å². The highest BCUT2D eigenvalue weighted by atomic mass is 79.9. The maximum absolute atomic E-state index is 5.58. The number of nitrogens with zero attached hydrogens (tertiary/aromatic N) is 3. The predicted molar refractivity (Wildman–Crippen MR) is 61.6 cm³/mol. The van der Waals surface area contributed by atoms with Crippen LogP contribution in [0.2, 0.25) is 0 Å². The van der Waals surface area contributed by atoms with Gasteiger partial charge in [0.05, 0.1) is 24.4 Å². The summed E-state index contributed by atoms with van der Waals surface area (Å²) in [6.45, 7) is 4.64. The lowest BCUT2D eigenvalue weighted by Gasteiger charge is -2.18. The van der Waals surface area contributed by atoms with Gasteiger partial charge in [0.25, 0.3) is 0 Å². The van der Waals surface area contributed by atoms with Gasteiger partial charge in [-0.05, 0) is 36.8 Å². The molecule has 0 saturated heterocycles. The van der Waals surface area contributed by atoms with E-state index in [9.17, 15) is 0 Å². The third-order valence-corrected chi connectivity index (χ3v) is 2.67. The molecule has 0 amide bonds. The fraction of sp³-hybridized carbons (Fsp3) is 0.778. The minimum absolute atomic E-state index is 0.0989. The Morgan fingerprint density at radius 2 is 2.20 bits per heavy atom. The summed E-state index contributed by atoms with van der Waals surface area (Å²) in [5.74, 6) is 0. The molecular weight excluding hydrogens is 260 g/mol. The number of hydrogen-bond donors (Lipinski definition) is 1. The summed E-state index contributed by atoms with van der Waals surface area (Å²) in [5, 5.41) is 11.1. The zero-order valence-electron chi connectivity index (χ0n) is 9.49. The summed E-state index contributed by atoms with van der Waals surface area (Å²) < 4.78 is 8.08. The van der Waals surface area contributed by atoms with Gasteiger partial charge in [-0.1, -0.05) is 5.21 Å². The van der Waals surface area contributed by atoms with Crippen LogP contribution in [0, 0.1) is 0 Å². The Hall–Kier alpha value is -0.460. The minimum atomic E-state index is 0.0989. The van der Waals surface area contributed by atoms with Crippen molar-refractivity contribution in [2.75, 3.05) is 13.7 Å². The Morgan fingerprint density at radius 3 is 2.60 bits per heavy atom. The molecule has 5 nitrogen and oxygen atoms in total. The molecule has 86 valence electrons. The molecule has 15 heavy (non-hydrogen) atoms. The minimum Gasteiger partial charge on any atom is -0.377 e. The molecule has 1 rings (SSSR count). The van der Waals surface area contributed by atoms with Crippen LogP contribution in [0.3, 0.4) is 0 Å². The highest BCUT2D eigenvalue weighted by molar-refractivity contribution is 9.10. The molecule has 6 heteroatoms. The van der Waals surface area contributed by atoms with Crippen molar-refractivity contribution in [3.63, 3.8) is 0 Å². The molecule has 0 aliphatic heterocycles. The summed E-state index contributed by atoms with van der Waals surface area (Å²) in [7, 11) is 3.76. The third kappa shape index (κ3) is 3.25. The molecule has 1 aromatic heterocycles. The highest BCUT2D eigenvalue weighted by Gasteiger charge is 2.18. The van der Waals surface area contributed by atoms with Crippen LogP contribution in [-0.4, -0.2) is 34.8 Å². The van der Waals surface area contributed by atoms with Crippen LogP contribution in [0.5, 0.6) is 0 Å². The van der Waals surface area contributed by atoms with E-state index in [-0.39, 0.29) is 12.1 Å². The molecule has 0 radical (unpaired) electrons. The van der Waals surface area contributed by atoms with Gasteiger partial charge in [0.2, 0.25) is 0 Å².